The molecule has 1 fully saturated rings. The van der Waals surface area contributed by atoms with E-state index in [0.29, 0.717) is 19.6 Å². The first-order valence-corrected chi connectivity index (χ1v) is 10.4. The second kappa shape index (κ2) is 7.54. The van der Waals surface area contributed by atoms with Gasteiger partial charge in [-0.15, -0.1) is 0 Å². The van der Waals surface area contributed by atoms with E-state index in [2.05, 4.69) is 11.1 Å². The van der Waals surface area contributed by atoms with Gasteiger partial charge in [0.25, 0.3) is 5.56 Å². The molecule has 30 heavy (non-hydrogen) atoms. The highest BCUT2D eigenvalue weighted by molar-refractivity contribution is 5.83. The summed E-state index contributed by atoms with van der Waals surface area (Å²) in [6.07, 6.45) is 2.71. The van der Waals surface area contributed by atoms with Crippen LogP contribution in [-0.2, 0) is 11.3 Å². The van der Waals surface area contributed by atoms with Crippen LogP contribution in [0.3, 0.4) is 0 Å². The molecule has 2 aliphatic heterocycles. The molecule has 152 valence electrons. The van der Waals surface area contributed by atoms with Crippen LogP contribution in [0.2, 0.25) is 0 Å². The summed E-state index contributed by atoms with van der Waals surface area (Å²) in [5.41, 5.74) is 9.72. The van der Waals surface area contributed by atoms with Gasteiger partial charge in [-0.1, -0.05) is 36.4 Å². The predicted molar refractivity (Wildman–Crippen MR) is 115 cm³/mol. The molecule has 1 saturated heterocycles. The molecule has 6 heteroatoms. The van der Waals surface area contributed by atoms with Gasteiger partial charge in [0, 0.05) is 49.1 Å². The third-order valence-corrected chi connectivity index (χ3v) is 6.25. The van der Waals surface area contributed by atoms with Crippen LogP contribution in [0.4, 0.5) is 0 Å². The van der Waals surface area contributed by atoms with Crippen LogP contribution in [-0.4, -0.2) is 33.4 Å². The van der Waals surface area contributed by atoms with Crippen LogP contribution in [0.25, 0.3) is 11.3 Å². The van der Waals surface area contributed by atoms with Crippen molar-refractivity contribution >= 4 is 5.91 Å². The van der Waals surface area contributed by atoms with E-state index in [1.807, 2.05) is 58.0 Å². The van der Waals surface area contributed by atoms with Crippen LogP contribution in [0, 0.1) is 5.92 Å². The second-order valence-electron chi connectivity index (χ2n) is 8.26. The van der Waals surface area contributed by atoms with Gasteiger partial charge in [-0.25, -0.2) is 0 Å². The Morgan fingerprint density at radius 3 is 2.60 bits per heavy atom. The van der Waals surface area contributed by atoms with Gasteiger partial charge in [0.15, 0.2) is 0 Å². The number of hydrogen-bond acceptors (Lipinski definition) is 4. The van der Waals surface area contributed by atoms with E-state index in [1.54, 1.807) is 12.3 Å². The Labute approximate surface area is 175 Å². The number of nitrogens with two attached hydrogens (primary N) is 1. The van der Waals surface area contributed by atoms with Crippen molar-refractivity contribution in [1.29, 1.82) is 0 Å². The van der Waals surface area contributed by atoms with Gasteiger partial charge in [0.2, 0.25) is 5.91 Å². The van der Waals surface area contributed by atoms with Gasteiger partial charge >= 0.3 is 0 Å². The van der Waals surface area contributed by atoms with E-state index < -0.39 is 6.04 Å². The average Bonchev–Trinajstić information content (AvgIpc) is 2.79. The normalized spacial score (nSPS) is 21.0. The predicted octanol–water partition coefficient (Wildman–Crippen LogP) is 2.56. The monoisotopic (exact) mass is 400 g/mol. The summed E-state index contributed by atoms with van der Waals surface area (Å²) in [5, 5.41) is 0. The van der Waals surface area contributed by atoms with E-state index in [4.69, 9.17) is 5.73 Å². The number of likely N-dealkylation sites (tertiary alicyclic amines) is 1. The largest absolute Gasteiger partial charge is 0.340 e. The summed E-state index contributed by atoms with van der Waals surface area (Å²) in [4.78, 5) is 32.2. The highest BCUT2D eigenvalue weighted by Crippen LogP contribution is 2.37. The molecule has 4 heterocycles. The van der Waals surface area contributed by atoms with Crippen molar-refractivity contribution in [3.05, 3.63) is 88.5 Å². The molecule has 0 radical (unpaired) electrons. The molecule has 2 aromatic heterocycles. The summed E-state index contributed by atoms with van der Waals surface area (Å²) in [7, 11) is 0. The fraction of sp³-hybridized carbons (Fsp3) is 0.292. The first kappa shape index (κ1) is 18.8. The molecular weight excluding hydrogens is 376 g/mol. The SMILES string of the molecule is N[C@@H](C(=O)N1C[C@@H]2C[C@H](C1)c1cc(-c3ccccn3)cc(=O)n1C2)c1ccccc1. The van der Waals surface area contributed by atoms with Crippen molar-refractivity contribution < 1.29 is 4.79 Å². The quantitative estimate of drug-likeness (QED) is 0.733. The van der Waals surface area contributed by atoms with Crippen molar-refractivity contribution in [2.24, 2.45) is 11.7 Å². The Morgan fingerprint density at radius 2 is 1.83 bits per heavy atom. The fourth-order valence-electron chi connectivity index (χ4n) is 4.82. The second-order valence-corrected chi connectivity index (χ2v) is 8.26. The Morgan fingerprint density at radius 1 is 1.03 bits per heavy atom. The molecule has 0 aliphatic carbocycles. The number of aromatic nitrogens is 2. The number of piperidine rings is 1. The van der Waals surface area contributed by atoms with Gasteiger partial charge in [0.05, 0.1) is 5.69 Å². The van der Waals surface area contributed by atoms with Crippen molar-refractivity contribution in [3.8, 4) is 11.3 Å². The molecule has 3 aromatic rings. The first-order chi connectivity index (χ1) is 14.6. The van der Waals surface area contributed by atoms with Crippen molar-refractivity contribution in [1.82, 2.24) is 14.5 Å². The number of nitrogens with zero attached hydrogens (tertiary/aromatic N) is 3. The van der Waals surface area contributed by atoms with Gasteiger partial charge in [-0.05, 0) is 36.1 Å². The smallest absolute Gasteiger partial charge is 0.251 e. The fourth-order valence-corrected chi connectivity index (χ4v) is 4.82. The first-order valence-electron chi connectivity index (χ1n) is 10.4. The number of hydrogen-bond donors (Lipinski definition) is 1. The Balaban J connectivity index is 1.45. The maximum absolute atomic E-state index is 13.1. The average molecular weight is 400 g/mol. The van der Waals surface area contributed by atoms with Crippen molar-refractivity contribution in [2.45, 2.75) is 24.9 Å². The Kier molecular flexibility index (Phi) is 4.71. The third kappa shape index (κ3) is 3.33. The van der Waals surface area contributed by atoms with Gasteiger partial charge < -0.3 is 15.2 Å². The Hall–Kier alpha value is -3.25. The molecule has 1 amide bonds. The lowest BCUT2D eigenvalue weighted by Crippen LogP contribution is -2.51. The van der Waals surface area contributed by atoms with E-state index in [-0.39, 0.29) is 23.3 Å². The standard InChI is InChI=1S/C24H24N4O2/c25-23(17-6-2-1-3-7-17)24(30)27-13-16-10-19(15-27)21-11-18(12-22(29)28(21)14-16)20-8-4-5-9-26-20/h1-9,11-12,16,19,23H,10,13-15,25H2/t16-,19+,23+/m0/s1. The van der Waals surface area contributed by atoms with Crippen molar-refractivity contribution in [2.75, 3.05) is 13.1 Å². The summed E-state index contributed by atoms with van der Waals surface area (Å²) < 4.78 is 1.88. The molecule has 3 atom stereocenters. The summed E-state index contributed by atoms with van der Waals surface area (Å²) in [6.45, 7) is 1.86. The van der Waals surface area contributed by atoms with Crippen molar-refractivity contribution in [3.63, 3.8) is 0 Å². The van der Waals surface area contributed by atoms with Crippen LogP contribution < -0.4 is 11.3 Å². The number of rotatable bonds is 3. The number of benzene rings is 1. The topological polar surface area (TPSA) is 81.2 Å². The molecule has 5 rings (SSSR count). The van der Waals surface area contributed by atoms with Crippen LogP contribution in [0.5, 0.6) is 0 Å². The summed E-state index contributed by atoms with van der Waals surface area (Å²) >= 11 is 0. The molecule has 0 saturated carbocycles. The molecule has 2 bridgehead atoms. The lowest BCUT2D eigenvalue weighted by molar-refractivity contribution is -0.135. The molecular formula is C24H24N4O2. The molecule has 1 aromatic carbocycles. The summed E-state index contributed by atoms with van der Waals surface area (Å²) in [6, 6.07) is 18.3. The lowest BCUT2D eigenvalue weighted by Gasteiger charge is -2.43. The molecule has 6 nitrogen and oxygen atoms in total. The molecule has 2 aliphatic rings. The molecule has 0 spiro atoms. The highest BCUT2D eigenvalue weighted by atomic mass is 16.2. The van der Waals surface area contributed by atoms with E-state index in [0.717, 1.165) is 28.9 Å². The maximum atomic E-state index is 13.1. The van der Waals surface area contributed by atoms with E-state index in [9.17, 15) is 9.59 Å². The number of pyridine rings is 2. The third-order valence-electron chi connectivity index (χ3n) is 6.25. The van der Waals surface area contributed by atoms with Gasteiger partial charge in [0.1, 0.15) is 6.04 Å². The summed E-state index contributed by atoms with van der Waals surface area (Å²) in [5.74, 6) is 0.343. The highest BCUT2D eigenvalue weighted by Gasteiger charge is 2.38. The minimum Gasteiger partial charge on any atom is -0.340 e. The maximum Gasteiger partial charge on any atom is 0.251 e. The van der Waals surface area contributed by atoms with E-state index >= 15 is 0 Å². The minimum absolute atomic E-state index is 0.00335. The Bertz CT molecular complexity index is 1130. The van der Waals surface area contributed by atoms with Crippen LogP contribution in [0.1, 0.15) is 29.6 Å². The van der Waals surface area contributed by atoms with Crippen LogP contribution >= 0.6 is 0 Å². The molecule has 2 N–H and O–H groups in total. The number of fused-ring (bicyclic) bond motifs is 4. The zero-order chi connectivity index (χ0) is 20.7. The number of carbonyl (C=O) groups excluding carboxylic acids is 1. The number of amides is 1. The number of carbonyl (C=O) groups is 1. The zero-order valence-electron chi connectivity index (χ0n) is 16.6. The van der Waals surface area contributed by atoms with Crippen LogP contribution in [0.15, 0.2) is 71.7 Å². The zero-order valence-corrected chi connectivity index (χ0v) is 16.6. The lowest BCUT2D eigenvalue weighted by atomic mass is 9.82. The van der Waals surface area contributed by atoms with Gasteiger partial charge in [-0.3, -0.25) is 14.6 Å². The molecule has 0 unspecified atom stereocenters. The van der Waals surface area contributed by atoms with E-state index in [1.165, 1.54) is 0 Å². The minimum atomic E-state index is -0.660. The van der Waals surface area contributed by atoms with Gasteiger partial charge in [-0.2, -0.15) is 0 Å².